The van der Waals surface area contributed by atoms with E-state index in [4.69, 9.17) is 4.74 Å². The summed E-state index contributed by atoms with van der Waals surface area (Å²) in [5.74, 6) is 0. The van der Waals surface area contributed by atoms with Crippen molar-refractivity contribution >= 4 is 44.3 Å². The largest absolute Gasteiger partial charge is 0.381 e. The van der Waals surface area contributed by atoms with Crippen molar-refractivity contribution in [1.82, 2.24) is 0 Å². The second kappa shape index (κ2) is 20.5. The number of fused-ring (bicyclic) bond motifs is 2. The summed E-state index contributed by atoms with van der Waals surface area (Å²) in [6, 6.07) is 75.2. The van der Waals surface area contributed by atoms with Crippen molar-refractivity contribution in [3.05, 3.63) is 217 Å². The van der Waals surface area contributed by atoms with E-state index < -0.39 is 0 Å². The molecule has 0 aliphatic carbocycles. The van der Waals surface area contributed by atoms with E-state index >= 15 is 0 Å². The molecule has 3 heteroatoms. The average molecular weight is 773 g/mol. The summed E-state index contributed by atoms with van der Waals surface area (Å²) in [4.78, 5) is 5.09. The van der Waals surface area contributed by atoms with Crippen LogP contribution in [0.5, 0.6) is 0 Å². The summed E-state index contributed by atoms with van der Waals surface area (Å²) in [7, 11) is 0. The molecule has 0 aromatic heterocycles. The van der Waals surface area contributed by atoms with Gasteiger partial charge in [-0.15, -0.1) is 0 Å². The van der Waals surface area contributed by atoms with Crippen LogP contribution in [0.2, 0.25) is 0 Å². The van der Waals surface area contributed by atoms with Gasteiger partial charge in [-0.05, 0) is 107 Å². The second-order valence-electron chi connectivity index (χ2n) is 15.6. The van der Waals surface area contributed by atoms with Gasteiger partial charge in [0.05, 0.1) is 12.1 Å². The predicted octanol–water partition coefficient (Wildman–Crippen LogP) is 15.6. The van der Waals surface area contributed by atoms with E-state index in [0.717, 1.165) is 64.6 Å². The zero-order valence-electron chi connectivity index (χ0n) is 34.2. The summed E-state index contributed by atoms with van der Waals surface area (Å²) >= 11 is 0. The van der Waals surface area contributed by atoms with E-state index in [9.17, 15) is 0 Å². The van der Waals surface area contributed by atoms with Gasteiger partial charge >= 0.3 is 0 Å². The molecule has 8 aromatic carbocycles. The van der Waals surface area contributed by atoms with Gasteiger partial charge in [-0.1, -0.05) is 183 Å². The molecule has 3 nitrogen and oxygen atoms in total. The van der Waals surface area contributed by atoms with Gasteiger partial charge in [0.1, 0.15) is 0 Å². The van der Waals surface area contributed by atoms with E-state index in [2.05, 4.69) is 216 Å². The number of hydrogen-bond donors (Lipinski definition) is 0. The molecule has 59 heavy (non-hydrogen) atoms. The summed E-state index contributed by atoms with van der Waals surface area (Å²) < 4.78 is 6.28. The fourth-order valence-electron chi connectivity index (χ4n) is 8.84. The van der Waals surface area contributed by atoms with E-state index in [-0.39, 0.29) is 12.1 Å². The number of para-hydroxylation sites is 4. The van der Waals surface area contributed by atoms with Crippen molar-refractivity contribution < 1.29 is 4.74 Å². The molecule has 0 saturated heterocycles. The molecule has 8 rings (SSSR count). The average Bonchev–Trinajstić information content (AvgIpc) is 3.31. The van der Waals surface area contributed by atoms with Crippen LogP contribution in [0.1, 0.15) is 74.6 Å². The molecule has 8 aromatic rings. The van der Waals surface area contributed by atoms with Crippen LogP contribution in [0.15, 0.2) is 206 Å². The van der Waals surface area contributed by atoms with Crippen LogP contribution >= 0.6 is 0 Å². The van der Waals surface area contributed by atoms with Crippen molar-refractivity contribution in [3.63, 3.8) is 0 Å². The van der Waals surface area contributed by atoms with Crippen LogP contribution in [-0.4, -0.2) is 13.2 Å². The van der Waals surface area contributed by atoms with E-state index in [1.54, 1.807) is 0 Å². The van der Waals surface area contributed by atoms with Crippen molar-refractivity contribution in [2.45, 2.75) is 63.5 Å². The number of rotatable bonds is 20. The van der Waals surface area contributed by atoms with Crippen LogP contribution in [0.4, 0.5) is 22.7 Å². The van der Waals surface area contributed by atoms with E-state index in [1.165, 1.54) is 55.4 Å². The first-order chi connectivity index (χ1) is 29.3. The summed E-state index contributed by atoms with van der Waals surface area (Å²) in [5, 5.41) is 5.24. The van der Waals surface area contributed by atoms with Gasteiger partial charge in [-0.3, -0.25) is 0 Å². The third kappa shape index (κ3) is 9.94. The Kier molecular flexibility index (Phi) is 13.8. The van der Waals surface area contributed by atoms with Crippen molar-refractivity contribution in [2.75, 3.05) is 23.0 Å². The molecular formula is C56H56N2O. The third-order valence-electron chi connectivity index (χ3n) is 11.7. The molecule has 0 bridgehead atoms. The molecule has 0 N–H and O–H groups in total. The van der Waals surface area contributed by atoms with Gasteiger partial charge in [0.2, 0.25) is 0 Å². The number of anilines is 4. The lowest BCUT2D eigenvalue weighted by Gasteiger charge is -2.35. The molecule has 0 spiro atoms. The van der Waals surface area contributed by atoms with Crippen LogP contribution in [-0.2, 0) is 4.74 Å². The monoisotopic (exact) mass is 772 g/mol. The highest BCUT2D eigenvalue weighted by Gasteiger charge is 2.25. The number of nitrogens with zero attached hydrogens (tertiary/aromatic N) is 2. The molecule has 0 radical (unpaired) electrons. The zero-order valence-corrected chi connectivity index (χ0v) is 34.2. The maximum Gasteiger partial charge on any atom is 0.0597 e. The third-order valence-corrected chi connectivity index (χ3v) is 11.7. The maximum absolute atomic E-state index is 6.28. The van der Waals surface area contributed by atoms with Gasteiger partial charge < -0.3 is 14.5 Å². The smallest absolute Gasteiger partial charge is 0.0597 e. The Labute approximate surface area is 351 Å². The molecule has 0 fully saturated rings. The van der Waals surface area contributed by atoms with Crippen LogP contribution in [0.25, 0.3) is 21.5 Å². The fraction of sp³-hybridized carbons (Fsp3) is 0.214. The Morgan fingerprint density at radius 2 is 0.627 bits per heavy atom. The Bertz CT molecular complexity index is 2190. The number of ether oxygens (including phenoxy) is 1. The highest BCUT2D eigenvalue weighted by Crippen LogP contribution is 2.42. The highest BCUT2D eigenvalue weighted by molar-refractivity contribution is 5.88. The van der Waals surface area contributed by atoms with Crippen molar-refractivity contribution in [2.24, 2.45) is 0 Å². The highest BCUT2D eigenvalue weighted by atomic mass is 16.5. The van der Waals surface area contributed by atoms with Crippen LogP contribution < -0.4 is 9.80 Å². The predicted molar refractivity (Wildman–Crippen MR) is 251 cm³/mol. The number of benzene rings is 8. The SMILES string of the molecule is c1ccc(N(c2ccccc2)C(CCCCCOCCCCCC(c2cccc3ccccc23)N(c2ccccc2)c2ccccc2)c2cccc3ccccc23)cc1. The minimum absolute atomic E-state index is 0.198. The quantitative estimate of drug-likeness (QED) is 0.0718. The van der Waals surface area contributed by atoms with Crippen LogP contribution in [0, 0.1) is 0 Å². The van der Waals surface area contributed by atoms with Gasteiger partial charge in [0, 0.05) is 36.0 Å². The first-order valence-electron chi connectivity index (χ1n) is 21.7. The molecule has 296 valence electrons. The molecule has 2 atom stereocenters. The molecule has 0 saturated carbocycles. The molecule has 0 amide bonds. The lowest BCUT2D eigenvalue weighted by atomic mass is 9.92. The summed E-state index contributed by atoms with van der Waals surface area (Å²) in [5.41, 5.74) is 7.63. The minimum Gasteiger partial charge on any atom is -0.381 e. The minimum atomic E-state index is 0.198. The lowest BCUT2D eigenvalue weighted by molar-refractivity contribution is 0.125. The Morgan fingerprint density at radius 3 is 1.00 bits per heavy atom. The number of unbranched alkanes of at least 4 members (excludes halogenated alkanes) is 4. The molecular weight excluding hydrogens is 717 g/mol. The van der Waals surface area contributed by atoms with Gasteiger partial charge in [0.15, 0.2) is 0 Å². The normalized spacial score (nSPS) is 12.3. The number of hydrogen-bond acceptors (Lipinski definition) is 3. The van der Waals surface area contributed by atoms with Crippen molar-refractivity contribution in [1.29, 1.82) is 0 Å². The van der Waals surface area contributed by atoms with Gasteiger partial charge in [0.25, 0.3) is 0 Å². The van der Waals surface area contributed by atoms with Crippen LogP contribution in [0.3, 0.4) is 0 Å². The molecule has 0 aliphatic heterocycles. The van der Waals surface area contributed by atoms with Gasteiger partial charge in [-0.2, -0.15) is 0 Å². The standard InChI is InChI=1S/C56H56N2O/c1-7-29-47(30-8-1)57(48-31-9-2-10-32-48)55(53-39-23-27-45-25-17-19-37-51(45)53)41-15-5-21-43-59-44-22-6-16-42-56(54-40-24-28-46-26-18-20-38-52(46)54)58(49-33-11-3-12-34-49)50-35-13-4-14-36-50/h1-4,7-14,17-20,23-40,55-56H,5-6,15-16,21-22,41-44H2. The Balaban J connectivity index is 0.877. The lowest BCUT2D eigenvalue weighted by Crippen LogP contribution is -2.24. The first kappa shape index (κ1) is 39.7. The van der Waals surface area contributed by atoms with E-state index in [1.807, 2.05) is 0 Å². The second-order valence-corrected chi connectivity index (χ2v) is 15.6. The summed E-state index contributed by atoms with van der Waals surface area (Å²) in [6.45, 7) is 1.63. The first-order valence-corrected chi connectivity index (χ1v) is 21.7. The Morgan fingerprint density at radius 1 is 0.305 bits per heavy atom. The van der Waals surface area contributed by atoms with E-state index in [0.29, 0.717) is 0 Å². The maximum atomic E-state index is 6.28. The fourth-order valence-corrected chi connectivity index (χ4v) is 8.84. The van der Waals surface area contributed by atoms with Crippen molar-refractivity contribution in [3.8, 4) is 0 Å². The topological polar surface area (TPSA) is 15.7 Å². The molecule has 2 unspecified atom stereocenters. The van der Waals surface area contributed by atoms with Gasteiger partial charge in [-0.25, -0.2) is 0 Å². The molecule has 0 aliphatic rings. The summed E-state index contributed by atoms with van der Waals surface area (Å²) in [6.07, 6.45) is 8.79. The Hall–Kier alpha value is -6.16. The molecule has 0 heterocycles. The zero-order chi connectivity index (χ0) is 39.9.